The lowest BCUT2D eigenvalue weighted by Gasteiger charge is -2.39. The van der Waals surface area contributed by atoms with Gasteiger partial charge in [0.15, 0.2) is 0 Å². The van der Waals surface area contributed by atoms with E-state index >= 15 is 0 Å². The average Bonchev–Trinajstić information content (AvgIpc) is 2.27. The van der Waals surface area contributed by atoms with E-state index in [2.05, 4.69) is 35.8 Å². The van der Waals surface area contributed by atoms with Crippen LogP contribution in [-0.4, -0.2) is 18.2 Å². The van der Waals surface area contributed by atoms with Crippen molar-refractivity contribution in [2.75, 3.05) is 11.4 Å². The molecule has 4 heteroatoms. The summed E-state index contributed by atoms with van der Waals surface area (Å²) in [6.07, 6.45) is 0.659. The highest BCUT2D eigenvalue weighted by atomic mass is 79.9. The Kier molecular flexibility index (Phi) is 3.89. The van der Waals surface area contributed by atoms with E-state index in [0.29, 0.717) is 6.54 Å². The van der Waals surface area contributed by atoms with E-state index in [9.17, 15) is 4.79 Å². The highest BCUT2D eigenvalue weighted by Crippen LogP contribution is 2.41. The van der Waals surface area contributed by atoms with Crippen molar-refractivity contribution in [3.05, 3.63) is 28.2 Å². The molecule has 1 heterocycles. The highest BCUT2D eigenvalue weighted by molar-refractivity contribution is 9.10. The molecule has 20 heavy (non-hydrogen) atoms. The minimum atomic E-state index is -0.473. The minimum Gasteiger partial charge on any atom is -0.443 e. The second-order valence-electron chi connectivity index (χ2n) is 6.93. The molecule has 0 N–H and O–H groups in total. The zero-order valence-electron chi connectivity index (χ0n) is 12.8. The van der Waals surface area contributed by atoms with Crippen LogP contribution in [0.4, 0.5) is 10.5 Å². The minimum absolute atomic E-state index is 0.0671. The molecule has 1 aliphatic heterocycles. The summed E-state index contributed by atoms with van der Waals surface area (Å²) >= 11 is 3.51. The quantitative estimate of drug-likeness (QED) is 0.674. The van der Waals surface area contributed by atoms with Crippen LogP contribution in [0.1, 0.15) is 46.6 Å². The lowest BCUT2D eigenvalue weighted by Crippen LogP contribution is -2.43. The van der Waals surface area contributed by atoms with Gasteiger partial charge in [0, 0.05) is 11.0 Å². The highest BCUT2D eigenvalue weighted by Gasteiger charge is 2.35. The topological polar surface area (TPSA) is 29.5 Å². The Morgan fingerprint density at radius 1 is 1.35 bits per heavy atom. The number of ether oxygens (including phenoxy) is 1. The Bertz CT molecular complexity index is 532. The van der Waals surface area contributed by atoms with Gasteiger partial charge in [0.25, 0.3) is 0 Å². The lowest BCUT2D eigenvalue weighted by molar-refractivity contribution is 0.0574. The number of rotatable bonds is 0. The molecular weight excluding hydrogens is 318 g/mol. The molecule has 1 aromatic carbocycles. The van der Waals surface area contributed by atoms with E-state index in [-0.39, 0.29) is 11.5 Å². The first kappa shape index (κ1) is 15.4. The molecule has 1 amide bonds. The van der Waals surface area contributed by atoms with Crippen LogP contribution in [0, 0.1) is 0 Å². The molecule has 0 fully saturated rings. The van der Waals surface area contributed by atoms with Gasteiger partial charge in [0.1, 0.15) is 5.60 Å². The van der Waals surface area contributed by atoms with Gasteiger partial charge in [0.2, 0.25) is 0 Å². The maximum atomic E-state index is 12.4. The van der Waals surface area contributed by atoms with Crippen LogP contribution >= 0.6 is 15.9 Å². The maximum Gasteiger partial charge on any atom is 0.414 e. The van der Waals surface area contributed by atoms with E-state index in [0.717, 1.165) is 16.6 Å². The van der Waals surface area contributed by atoms with Crippen molar-refractivity contribution in [1.29, 1.82) is 0 Å². The normalized spacial score (nSPS) is 17.6. The summed E-state index contributed by atoms with van der Waals surface area (Å²) in [7, 11) is 0. The van der Waals surface area contributed by atoms with E-state index in [1.165, 1.54) is 5.56 Å². The molecular formula is C16H22BrNO2. The van der Waals surface area contributed by atoms with Gasteiger partial charge in [-0.1, -0.05) is 29.8 Å². The Hall–Kier alpha value is -1.03. The van der Waals surface area contributed by atoms with Crippen molar-refractivity contribution in [1.82, 2.24) is 0 Å². The summed E-state index contributed by atoms with van der Waals surface area (Å²) in [6.45, 7) is 10.8. The van der Waals surface area contributed by atoms with E-state index in [1.54, 1.807) is 4.90 Å². The molecule has 0 atom stereocenters. The Balaban J connectivity index is 2.38. The molecule has 3 nitrogen and oxygen atoms in total. The predicted octanol–water partition coefficient (Wildman–Crippen LogP) is 4.87. The van der Waals surface area contributed by atoms with Crippen LogP contribution in [0.25, 0.3) is 0 Å². The summed E-state index contributed by atoms with van der Waals surface area (Å²) in [5.74, 6) is 0. The average molecular weight is 340 g/mol. The molecule has 1 aromatic rings. The van der Waals surface area contributed by atoms with Crippen molar-refractivity contribution < 1.29 is 9.53 Å². The van der Waals surface area contributed by atoms with Crippen LogP contribution in [0.15, 0.2) is 22.7 Å². The SMILES string of the molecule is CC(C)(C)OC(=O)N1CCC(C)(C)c2cc(Br)ccc21. The molecule has 0 aromatic heterocycles. The molecule has 0 radical (unpaired) electrons. The first-order valence-electron chi connectivity index (χ1n) is 6.91. The first-order chi connectivity index (χ1) is 9.10. The smallest absolute Gasteiger partial charge is 0.414 e. The fraction of sp³-hybridized carbons (Fsp3) is 0.562. The fourth-order valence-electron chi connectivity index (χ4n) is 2.44. The van der Waals surface area contributed by atoms with Crippen LogP contribution in [0.3, 0.4) is 0 Å². The summed E-state index contributed by atoms with van der Waals surface area (Å²) in [4.78, 5) is 14.1. The van der Waals surface area contributed by atoms with Crippen molar-refractivity contribution in [2.24, 2.45) is 0 Å². The second-order valence-corrected chi connectivity index (χ2v) is 7.84. The van der Waals surface area contributed by atoms with Gasteiger partial charge in [-0.2, -0.15) is 0 Å². The van der Waals surface area contributed by atoms with Crippen molar-refractivity contribution in [2.45, 2.75) is 52.1 Å². The lowest BCUT2D eigenvalue weighted by atomic mass is 9.78. The number of hydrogen-bond acceptors (Lipinski definition) is 2. The molecule has 2 rings (SSSR count). The first-order valence-corrected chi connectivity index (χ1v) is 7.70. The Labute approximate surface area is 129 Å². The zero-order valence-corrected chi connectivity index (χ0v) is 14.4. The Morgan fingerprint density at radius 3 is 2.60 bits per heavy atom. The van der Waals surface area contributed by atoms with Gasteiger partial charge in [0.05, 0.1) is 5.69 Å². The van der Waals surface area contributed by atoms with Crippen LogP contribution in [0.5, 0.6) is 0 Å². The van der Waals surface area contributed by atoms with E-state index in [1.807, 2.05) is 32.9 Å². The second kappa shape index (κ2) is 5.06. The monoisotopic (exact) mass is 339 g/mol. The summed E-state index contributed by atoms with van der Waals surface area (Å²) in [5, 5.41) is 0. The summed E-state index contributed by atoms with van der Waals surface area (Å²) in [6, 6.07) is 6.06. The molecule has 110 valence electrons. The van der Waals surface area contributed by atoms with Gasteiger partial charge in [-0.3, -0.25) is 4.90 Å². The van der Waals surface area contributed by atoms with Crippen molar-refractivity contribution in [3.63, 3.8) is 0 Å². The Morgan fingerprint density at radius 2 is 2.00 bits per heavy atom. The van der Waals surface area contributed by atoms with Crippen LogP contribution in [0.2, 0.25) is 0 Å². The number of halogens is 1. The van der Waals surface area contributed by atoms with E-state index < -0.39 is 5.60 Å². The third-order valence-electron chi connectivity index (χ3n) is 3.55. The van der Waals surface area contributed by atoms with Gasteiger partial charge in [-0.05, 0) is 56.4 Å². The summed E-state index contributed by atoms with van der Waals surface area (Å²) in [5.41, 5.74) is 1.74. The molecule has 0 unspecified atom stereocenters. The molecule has 1 aliphatic rings. The molecule has 0 aliphatic carbocycles. The number of hydrogen-bond donors (Lipinski definition) is 0. The number of benzene rings is 1. The van der Waals surface area contributed by atoms with E-state index in [4.69, 9.17) is 4.74 Å². The van der Waals surface area contributed by atoms with Crippen molar-refractivity contribution >= 4 is 27.7 Å². The number of amides is 1. The number of fused-ring (bicyclic) bond motifs is 1. The summed E-state index contributed by atoms with van der Waals surface area (Å²) < 4.78 is 6.55. The van der Waals surface area contributed by atoms with Gasteiger partial charge < -0.3 is 4.74 Å². The third kappa shape index (κ3) is 3.17. The number of nitrogens with zero attached hydrogens (tertiary/aromatic N) is 1. The fourth-order valence-corrected chi connectivity index (χ4v) is 2.80. The maximum absolute atomic E-state index is 12.4. The van der Waals surface area contributed by atoms with Crippen LogP contribution in [-0.2, 0) is 10.2 Å². The van der Waals surface area contributed by atoms with Gasteiger partial charge in [-0.15, -0.1) is 0 Å². The zero-order chi connectivity index (χ0) is 15.1. The molecule has 0 bridgehead atoms. The standard InChI is InChI=1S/C16H22BrNO2/c1-15(2,3)20-14(19)18-9-8-16(4,5)12-10-11(17)6-7-13(12)18/h6-7,10H,8-9H2,1-5H3. The largest absolute Gasteiger partial charge is 0.443 e. The predicted molar refractivity (Wildman–Crippen MR) is 85.4 cm³/mol. The third-order valence-corrected chi connectivity index (χ3v) is 4.05. The number of carbonyl (C=O) groups excluding carboxylic acids is 1. The number of anilines is 1. The van der Waals surface area contributed by atoms with Gasteiger partial charge in [-0.25, -0.2) is 4.79 Å². The van der Waals surface area contributed by atoms with Gasteiger partial charge >= 0.3 is 6.09 Å². The number of carbonyl (C=O) groups is 1. The molecule has 0 spiro atoms. The molecule has 0 saturated heterocycles. The van der Waals surface area contributed by atoms with Crippen LogP contribution < -0.4 is 4.90 Å². The van der Waals surface area contributed by atoms with Crippen molar-refractivity contribution in [3.8, 4) is 0 Å². The molecule has 0 saturated carbocycles.